The monoisotopic (exact) mass is 500 g/mol. The Labute approximate surface area is 204 Å². The third-order valence-electron chi connectivity index (χ3n) is 5.29. The maximum Gasteiger partial charge on any atom is 0.471 e. The molecular formula is C24H35F3N4O4. The van der Waals surface area contributed by atoms with E-state index in [4.69, 9.17) is 4.74 Å². The number of halogens is 3. The molecule has 1 rings (SSSR count). The summed E-state index contributed by atoms with van der Waals surface area (Å²) in [4.78, 5) is 44.7. The van der Waals surface area contributed by atoms with Crippen molar-refractivity contribution >= 4 is 17.8 Å². The van der Waals surface area contributed by atoms with E-state index in [-0.39, 0.29) is 24.4 Å². The van der Waals surface area contributed by atoms with Crippen LogP contribution in [0.4, 0.5) is 13.2 Å². The van der Waals surface area contributed by atoms with Crippen LogP contribution in [0.1, 0.15) is 42.2 Å². The van der Waals surface area contributed by atoms with E-state index in [0.717, 1.165) is 13.6 Å². The van der Waals surface area contributed by atoms with Gasteiger partial charge in [0.15, 0.2) is 0 Å². The highest BCUT2D eigenvalue weighted by molar-refractivity contribution is 5.89. The number of likely N-dealkylation sites (N-methyl/N-ethyl adjacent to an activating group) is 2. The summed E-state index contributed by atoms with van der Waals surface area (Å²) in [7, 11) is 4.93. The molecule has 0 bridgehead atoms. The third kappa shape index (κ3) is 10.9. The van der Waals surface area contributed by atoms with Gasteiger partial charge >= 0.3 is 18.1 Å². The number of pyridine rings is 1. The van der Waals surface area contributed by atoms with Crippen LogP contribution in [0.25, 0.3) is 0 Å². The van der Waals surface area contributed by atoms with Crippen LogP contribution in [-0.2, 0) is 20.7 Å². The zero-order chi connectivity index (χ0) is 26.6. The summed E-state index contributed by atoms with van der Waals surface area (Å²) < 4.78 is 42.8. The van der Waals surface area contributed by atoms with E-state index in [0.29, 0.717) is 42.9 Å². The highest BCUT2D eigenvalue weighted by Crippen LogP contribution is 2.18. The van der Waals surface area contributed by atoms with Gasteiger partial charge in [-0.05, 0) is 46.0 Å². The SMILES string of the molecule is C=CC(CCN(C)C(=O)C(F)(F)F)OC(=O)c1ccnc(CCCC(=O)N(CC)CCN(C)C)c1. The van der Waals surface area contributed by atoms with Crippen molar-refractivity contribution in [3.8, 4) is 0 Å². The number of rotatable bonds is 14. The van der Waals surface area contributed by atoms with Crippen molar-refractivity contribution in [2.75, 3.05) is 47.3 Å². The summed E-state index contributed by atoms with van der Waals surface area (Å²) in [5.41, 5.74) is 0.850. The Morgan fingerprint density at radius 1 is 1.17 bits per heavy atom. The first-order chi connectivity index (χ1) is 16.4. The Morgan fingerprint density at radius 3 is 2.43 bits per heavy atom. The molecule has 0 aliphatic rings. The Balaban J connectivity index is 2.60. The van der Waals surface area contributed by atoms with Gasteiger partial charge in [-0.2, -0.15) is 13.2 Å². The summed E-state index contributed by atoms with van der Waals surface area (Å²) in [6.45, 7) is 7.30. The molecule has 1 atom stereocenters. The molecule has 0 aliphatic carbocycles. The molecule has 0 saturated heterocycles. The lowest BCUT2D eigenvalue weighted by Crippen LogP contribution is -2.39. The summed E-state index contributed by atoms with van der Waals surface area (Å²) in [5, 5.41) is 0. The predicted molar refractivity (Wildman–Crippen MR) is 126 cm³/mol. The Morgan fingerprint density at radius 2 is 1.86 bits per heavy atom. The molecule has 2 amide bonds. The average molecular weight is 501 g/mol. The zero-order valence-corrected chi connectivity index (χ0v) is 20.8. The van der Waals surface area contributed by atoms with Gasteiger partial charge in [-0.3, -0.25) is 14.6 Å². The van der Waals surface area contributed by atoms with E-state index in [2.05, 4.69) is 11.6 Å². The highest BCUT2D eigenvalue weighted by Gasteiger charge is 2.41. The Hall–Kier alpha value is -2.95. The molecule has 0 aliphatic heterocycles. The lowest BCUT2D eigenvalue weighted by molar-refractivity contribution is -0.184. The van der Waals surface area contributed by atoms with Crippen LogP contribution in [0.15, 0.2) is 31.0 Å². The predicted octanol–water partition coefficient (Wildman–Crippen LogP) is 2.94. The first-order valence-electron chi connectivity index (χ1n) is 11.4. The second-order valence-electron chi connectivity index (χ2n) is 8.36. The van der Waals surface area contributed by atoms with E-state index in [1.165, 1.54) is 18.3 Å². The molecule has 0 saturated carbocycles. The molecule has 1 aromatic rings. The molecule has 0 radical (unpaired) electrons. The number of nitrogens with zero attached hydrogens (tertiary/aromatic N) is 4. The quantitative estimate of drug-likeness (QED) is 0.289. The van der Waals surface area contributed by atoms with E-state index < -0.39 is 24.2 Å². The van der Waals surface area contributed by atoms with E-state index in [1.54, 1.807) is 11.0 Å². The fourth-order valence-corrected chi connectivity index (χ4v) is 3.17. The van der Waals surface area contributed by atoms with Gasteiger partial charge in [-0.25, -0.2) is 4.79 Å². The number of hydrogen-bond acceptors (Lipinski definition) is 6. The highest BCUT2D eigenvalue weighted by atomic mass is 19.4. The summed E-state index contributed by atoms with van der Waals surface area (Å²) in [5.74, 6) is -2.59. The van der Waals surface area contributed by atoms with Gasteiger partial charge in [0.2, 0.25) is 5.91 Å². The maximum atomic E-state index is 12.5. The van der Waals surface area contributed by atoms with Gasteiger partial charge in [0, 0.05) is 58.0 Å². The molecule has 11 heteroatoms. The minimum Gasteiger partial charge on any atom is -0.454 e. The number of aromatic nitrogens is 1. The fourth-order valence-electron chi connectivity index (χ4n) is 3.17. The molecule has 0 aromatic carbocycles. The van der Waals surface area contributed by atoms with Crippen LogP contribution >= 0.6 is 0 Å². The number of hydrogen-bond donors (Lipinski definition) is 0. The van der Waals surface area contributed by atoms with E-state index in [9.17, 15) is 27.6 Å². The van der Waals surface area contributed by atoms with Gasteiger partial charge in [0.1, 0.15) is 6.10 Å². The summed E-state index contributed by atoms with van der Waals surface area (Å²) in [6, 6.07) is 3.03. The zero-order valence-electron chi connectivity index (χ0n) is 20.8. The van der Waals surface area contributed by atoms with Crippen LogP contribution in [0.2, 0.25) is 0 Å². The minimum absolute atomic E-state index is 0.0324. The molecule has 0 N–H and O–H groups in total. The Kier molecular flexibility index (Phi) is 12.4. The number of esters is 1. The standard InChI is InChI=1S/C24H35F3N4O4/c1-6-20(12-14-30(5)23(34)24(25,26)27)35-22(33)18-11-13-28-19(17-18)9-8-10-21(32)31(7-2)16-15-29(3)4/h6,11,13,17,20H,1,7-10,12,14-16H2,2-5H3. The van der Waals surface area contributed by atoms with Gasteiger partial charge in [-0.15, -0.1) is 0 Å². The normalized spacial score (nSPS) is 12.2. The fraction of sp³-hybridized carbons (Fsp3) is 0.583. The second-order valence-corrected chi connectivity index (χ2v) is 8.36. The lowest BCUT2D eigenvalue weighted by Gasteiger charge is -2.22. The minimum atomic E-state index is -4.96. The van der Waals surface area contributed by atoms with Crippen LogP contribution < -0.4 is 0 Å². The maximum absolute atomic E-state index is 12.5. The van der Waals surface area contributed by atoms with Crippen molar-refractivity contribution in [1.82, 2.24) is 19.7 Å². The smallest absolute Gasteiger partial charge is 0.454 e. The largest absolute Gasteiger partial charge is 0.471 e. The van der Waals surface area contributed by atoms with Crippen molar-refractivity contribution in [3.63, 3.8) is 0 Å². The second kappa shape index (κ2) is 14.4. The molecular weight excluding hydrogens is 465 g/mol. The number of ether oxygens (including phenoxy) is 1. The number of aryl methyl sites for hydroxylation is 1. The number of alkyl halides is 3. The number of carbonyl (C=O) groups excluding carboxylic acids is 3. The van der Waals surface area contributed by atoms with Crippen LogP contribution in [0.5, 0.6) is 0 Å². The Bertz CT molecular complexity index is 861. The molecule has 0 fully saturated rings. The first-order valence-corrected chi connectivity index (χ1v) is 11.4. The van der Waals surface area contributed by atoms with Gasteiger partial charge in [-0.1, -0.05) is 12.7 Å². The van der Waals surface area contributed by atoms with Gasteiger partial charge in [0.05, 0.1) is 5.56 Å². The molecule has 0 spiro atoms. The molecule has 1 unspecified atom stereocenters. The first kappa shape index (κ1) is 30.1. The molecule has 35 heavy (non-hydrogen) atoms. The topological polar surface area (TPSA) is 83.0 Å². The van der Waals surface area contributed by atoms with Gasteiger partial charge in [0.25, 0.3) is 0 Å². The van der Waals surface area contributed by atoms with Crippen molar-refractivity contribution < 1.29 is 32.3 Å². The van der Waals surface area contributed by atoms with Crippen LogP contribution in [-0.4, -0.2) is 97.1 Å². The molecule has 1 aromatic heterocycles. The number of amides is 2. The van der Waals surface area contributed by atoms with Crippen molar-refractivity contribution in [3.05, 3.63) is 42.2 Å². The average Bonchev–Trinajstić information content (AvgIpc) is 2.80. The van der Waals surface area contributed by atoms with E-state index in [1.807, 2.05) is 25.9 Å². The molecule has 196 valence electrons. The summed E-state index contributed by atoms with van der Waals surface area (Å²) >= 11 is 0. The number of carbonyl (C=O) groups is 3. The molecule has 1 heterocycles. The third-order valence-corrected chi connectivity index (χ3v) is 5.29. The van der Waals surface area contributed by atoms with Gasteiger partial charge < -0.3 is 19.4 Å². The van der Waals surface area contributed by atoms with E-state index >= 15 is 0 Å². The van der Waals surface area contributed by atoms with Crippen molar-refractivity contribution in [2.45, 2.75) is 44.9 Å². The van der Waals surface area contributed by atoms with Crippen LogP contribution in [0.3, 0.4) is 0 Å². The molecule has 8 nitrogen and oxygen atoms in total. The van der Waals surface area contributed by atoms with Crippen molar-refractivity contribution in [1.29, 1.82) is 0 Å². The van der Waals surface area contributed by atoms with Crippen LogP contribution in [0, 0.1) is 0 Å². The lowest BCUT2D eigenvalue weighted by atomic mass is 10.1. The summed E-state index contributed by atoms with van der Waals surface area (Å²) in [6.07, 6.45) is -1.69. The van der Waals surface area contributed by atoms with Crippen molar-refractivity contribution in [2.24, 2.45) is 0 Å².